The van der Waals surface area contributed by atoms with Gasteiger partial charge in [0.25, 0.3) is 0 Å². The monoisotopic (exact) mass is 618 g/mol. The van der Waals surface area contributed by atoms with Crippen LogP contribution in [0.3, 0.4) is 0 Å². The molecule has 48 heavy (non-hydrogen) atoms. The van der Waals surface area contributed by atoms with Crippen LogP contribution in [0.25, 0.3) is 38.6 Å². The summed E-state index contributed by atoms with van der Waals surface area (Å²) in [6, 6.07) is 54.6. The summed E-state index contributed by atoms with van der Waals surface area (Å²) >= 11 is 0. The predicted molar refractivity (Wildman–Crippen MR) is 199 cm³/mol. The molecule has 0 amide bonds. The molecule has 1 aromatic heterocycles. The number of aromatic nitrogens is 1. The standard InChI is InChI=1S/C46H38N2/c1-2-10-34(11-3-1)47(35-18-20-36(21-19-35)48-44-16-8-5-13-40(44)41-14-6-9-17-45(41)48)37-22-23-39-38-12-4-7-15-42(38)46(43(39)29-37)32-25-30-24-31(27-32)28-33(46)26-30/h1-23,29-33H,24-28H2. The lowest BCUT2D eigenvalue weighted by Gasteiger charge is -2.61. The van der Waals surface area contributed by atoms with Gasteiger partial charge in [0.1, 0.15) is 0 Å². The zero-order chi connectivity index (χ0) is 31.4. The highest BCUT2D eigenvalue weighted by atomic mass is 15.1. The van der Waals surface area contributed by atoms with Gasteiger partial charge < -0.3 is 9.47 Å². The highest BCUT2D eigenvalue weighted by Gasteiger charge is 2.61. The molecular weight excluding hydrogens is 581 g/mol. The van der Waals surface area contributed by atoms with E-state index < -0.39 is 0 Å². The van der Waals surface area contributed by atoms with Crippen molar-refractivity contribution in [1.29, 1.82) is 0 Å². The fourth-order valence-electron chi connectivity index (χ4n) is 11.3. The third kappa shape index (κ3) is 3.58. The van der Waals surface area contributed by atoms with Crippen molar-refractivity contribution in [3.05, 3.63) is 157 Å². The van der Waals surface area contributed by atoms with Gasteiger partial charge in [-0.05, 0) is 139 Å². The Kier molecular flexibility index (Phi) is 5.59. The summed E-state index contributed by atoms with van der Waals surface area (Å²) in [6.07, 6.45) is 7.08. The number of anilines is 3. The zero-order valence-electron chi connectivity index (χ0n) is 27.1. The topological polar surface area (TPSA) is 8.17 Å². The second-order valence-corrected chi connectivity index (χ2v) is 15.0. The average Bonchev–Trinajstić information content (AvgIpc) is 3.62. The van der Waals surface area contributed by atoms with Crippen molar-refractivity contribution in [2.45, 2.75) is 37.5 Å². The number of hydrogen-bond acceptors (Lipinski definition) is 1. The van der Waals surface area contributed by atoms with Crippen LogP contribution in [-0.4, -0.2) is 4.57 Å². The molecule has 4 saturated carbocycles. The molecule has 12 rings (SSSR count). The van der Waals surface area contributed by atoms with Gasteiger partial charge in [0.05, 0.1) is 11.0 Å². The lowest BCUT2D eigenvalue weighted by atomic mass is 9.43. The lowest BCUT2D eigenvalue weighted by molar-refractivity contribution is -0.0399. The van der Waals surface area contributed by atoms with Crippen LogP contribution in [0.4, 0.5) is 17.1 Å². The fraction of sp³-hybridized carbons (Fsp3) is 0.217. The van der Waals surface area contributed by atoms with Crippen LogP contribution in [0.2, 0.25) is 0 Å². The van der Waals surface area contributed by atoms with E-state index in [1.54, 1.807) is 11.1 Å². The first-order valence-electron chi connectivity index (χ1n) is 18.0. The van der Waals surface area contributed by atoms with Gasteiger partial charge in [-0.2, -0.15) is 0 Å². The van der Waals surface area contributed by atoms with Gasteiger partial charge in [-0.25, -0.2) is 0 Å². The van der Waals surface area contributed by atoms with E-state index in [4.69, 9.17) is 0 Å². The summed E-state index contributed by atoms with van der Waals surface area (Å²) < 4.78 is 2.41. The molecule has 2 nitrogen and oxygen atoms in total. The van der Waals surface area contributed by atoms with Crippen molar-refractivity contribution in [2.75, 3.05) is 4.90 Å². The molecule has 2 heteroatoms. The Balaban J connectivity index is 1.07. The Morgan fingerprint density at radius 2 is 1.00 bits per heavy atom. The van der Waals surface area contributed by atoms with Crippen LogP contribution in [-0.2, 0) is 5.41 Å². The Labute approximate surface area is 282 Å². The molecule has 0 saturated heterocycles. The predicted octanol–water partition coefficient (Wildman–Crippen LogP) is 12.0. The number of fused-ring (bicyclic) bond motifs is 6. The minimum Gasteiger partial charge on any atom is -0.310 e. The van der Waals surface area contributed by atoms with Crippen molar-refractivity contribution in [3.63, 3.8) is 0 Å². The SMILES string of the molecule is c1ccc(N(c2ccc(-n3c4ccccc4c4ccccc43)cc2)c2ccc3c(c2)C2(c4ccccc4-3)C3CC4CC(C3)CC2C4)cc1. The van der Waals surface area contributed by atoms with Crippen molar-refractivity contribution in [1.82, 2.24) is 4.57 Å². The second kappa shape index (κ2) is 9.97. The molecule has 1 spiro atoms. The van der Waals surface area contributed by atoms with Crippen LogP contribution in [0, 0.1) is 23.7 Å². The molecule has 4 bridgehead atoms. The maximum atomic E-state index is 2.60. The van der Waals surface area contributed by atoms with Gasteiger partial charge in [-0.1, -0.05) is 84.9 Å². The summed E-state index contributed by atoms with van der Waals surface area (Å²) in [5.41, 5.74) is 13.6. The lowest BCUT2D eigenvalue weighted by Crippen LogP contribution is -2.55. The first-order valence-corrected chi connectivity index (χ1v) is 18.0. The summed E-state index contributed by atoms with van der Waals surface area (Å²) in [6.45, 7) is 0. The first kappa shape index (κ1) is 26.9. The van der Waals surface area contributed by atoms with Gasteiger partial charge in [-0.15, -0.1) is 0 Å². The second-order valence-electron chi connectivity index (χ2n) is 15.0. The minimum atomic E-state index is 0.151. The number of benzene rings is 6. The smallest absolute Gasteiger partial charge is 0.0541 e. The third-order valence-electron chi connectivity index (χ3n) is 12.8. The molecule has 0 aliphatic heterocycles. The Hall–Kier alpha value is -5.08. The number of para-hydroxylation sites is 3. The number of nitrogens with zero attached hydrogens (tertiary/aromatic N) is 2. The quantitative estimate of drug-likeness (QED) is 0.190. The van der Waals surface area contributed by atoms with Gasteiger partial charge >= 0.3 is 0 Å². The molecule has 0 unspecified atom stereocenters. The molecule has 0 radical (unpaired) electrons. The van der Waals surface area contributed by atoms with E-state index in [-0.39, 0.29) is 5.41 Å². The van der Waals surface area contributed by atoms with E-state index in [1.807, 2.05) is 0 Å². The van der Waals surface area contributed by atoms with Crippen molar-refractivity contribution < 1.29 is 0 Å². The molecule has 0 atom stereocenters. The molecule has 232 valence electrons. The van der Waals surface area contributed by atoms with Crippen LogP contribution < -0.4 is 4.90 Å². The summed E-state index contributed by atoms with van der Waals surface area (Å²) in [5, 5.41) is 2.59. The fourth-order valence-corrected chi connectivity index (χ4v) is 11.3. The maximum Gasteiger partial charge on any atom is 0.0541 e. The Bertz CT molecular complexity index is 2280. The summed E-state index contributed by atoms with van der Waals surface area (Å²) in [4.78, 5) is 2.47. The molecule has 4 fully saturated rings. The van der Waals surface area contributed by atoms with E-state index >= 15 is 0 Å². The molecular formula is C46H38N2. The number of rotatable bonds is 4. The van der Waals surface area contributed by atoms with E-state index in [1.165, 1.54) is 87.8 Å². The van der Waals surface area contributed by atoms with Crippen LogP contribution in [0.5, 0.6) is 0 Å². The third-order valence-corrected chi connectivity index (χ3v) is 12.8. The van der Waals surface area contributed by atoms with Gasteiger partial charge in [0, 0.05) is 38.9 Å². The average molecular weight is 619 g/mol. The van der Waals surface area contributed by atoms with E-state index in [9.17, 15) is 0 Å². The number of hydrogen-bond donors (Lipinski definition) is 0. The van der Waals surface area contributed by atoms with Crippen LogP contribution in [0.15, 0.2) is 146 Å². The van der Waals surface area contributed by atoms with Gasteiger partial charge in [0.15, 0.2) is 0 Å². The van der Waals surface area contributed by atoms with Crippen molar-refractivity contribution in [2.24, 2.45) is 23.7 Å². The highest BCUT2D eigenvalue weighted by Crippen LogP contribution is 2.69. The Morgan fingerprint density at radius 3 is 1.69 bits per heavy atom. The minimum absolute atomic E-state index is 0.151. The summed E-state index contributed by atoms with van der Waals surface area (Å²) in [7, 11) is 0. The molecule has 1 heterocycles. The highest BCUT2D eigenvalue weighted by molar-refractivity contribution is 6.09. The maximum absolute atomic E-state index is 2.60. The molecule has 5 aliphatic rings. The van der Waals surface area contributed by atoms with Gasteiger partial charge in [-0.3, -0.25) is 0 Å². The van der Waals surface area contributed by atoms with Crippen molar-refractivity contribution >= 4 is 38.9 Å². The van der Waals surface area contributed by atoms with Gasteiger partial charge in [0.2, 0.25) is 0 Å². The van der Waals surface area contributed by atoms with E-state index in [0.717, 1.165) is 23.7 Å². The van der Waals surface area contributed by atoms with Crippen molar-refractivity contribution in [3.8, 4) is 16.8 Å². The zero-order valence-corrected chi connectivity index (χ0v) is 27.1. The van der Waals surface area contributed by atoms with E-state index in [2.05, 4.69) is 155 Å². The first-order chi connectivity index (χ1) is 23.8. The largest absolute Gasteiger partial charge is 0.310 e. The van der Waals surface area contributed by atoms with E-state index in [0.29, 0.717) is 0 Å². The Morgan fingerprint density at radius 1 is 0.458 bits per heavy atom. The van der Waals surface area contributed by atoms with Crippen LogP contribution >= 0.6 is 0 Å². The van der Waals surface area contributed by atoms with Crippen LogP contribution in [0.1, 0.15) is 43.2 Å². The molecule has 0 N–H and O–H groups in total. The summed E-state index contributed by atoms with van der Waals surface area (Å²) in [5.74, 6) is 3.38. The normalized spacial score (nSPS) is 24.8. The molecule has 6 aromatic carbocycles. The molecule has 7 aromatic rings. The molecule has 5 aliphatic carbocycles.